The Hall–Kier alpha value is -1.77. The lowest BCUT2D eigenvalue weighted by Gasteiger charge is -2.07. The van der Waals surface area contributed by atoms with Crippen LogP contribution in [0, 0.1) is 0 Å². The molecule has 0 aliphatic heterocycles. The Morgan fingerprint density at radius 1 is 0.800 bits per heavy atom. The molecular formula is C18H17NS. The Balaban J connectivity index is 1.85. The van der Waals surface area contributed by atoms with Gasteiger partial charge in [0.2, 0.25) is 0 Å². The van der Waals surface area contributed by atoms with Gasteiger partial charge in [0.25, 0.3) is 0 Å². The summed E-state index contributed by atoms with van der Waals surface area (Å²) in [7, 11) is 0. The van der Waals surface area contributed by atoms with Crippen molar-refractivity contribution in [2.24, 2.45) is 5.73 Å². The molecule has 2 N–H and O–H groups in total. The highest BCUT2D eigenvalue weighted by molar-refractivity contribution is 7.99. The molecule has 0 aliphatic rings. The van der Waals surface area contributed by atoms with E-state index in [0.29, 0.717) is 0 Å². The van der Waals surface area contributed by atoms with Crippen LogP contribution in [0.15, 0.2) is 76.5 Å². The Labute approximate surface area is 123 Å². The van der Waals surface area contributed by atoms with Crippen LogP contribution in [-0.4, -0.2) is 0 Å². The van der Waals surface area contributed by atoms with Gasteiger partial charge in [0.15, 0.2) is 0 Å². The molecule has 3 aromatic rings. The normalized spacial score (nSPS) is 12.5. The summed E-state index contributed by atoms with van der Waals surface area (Å²) in [5, 5.41) is 2.56. The van der Waals surface area contributed by atoms with Gasteiger partial charge in [0.1, 0.15) is 0 Å². The number of nitrogens with two attached hydrogens (primary N) is 1. The third kappa shape index (κ3) is 2.87. The van der Waals surface area contributed by atoms with E-state index in [-0.39, 0.29) is 6.04 Å². The largest absolute Gasteiger partial charge is 0.324 e. The van der Waals surface area contributed by atoms with Gasteiger partial charge >= 0.3 is 0 Å². The zero-order valence-electron chi connectivity index (χ0n) is 11.4. The molecule has 0 bridgehead atoms. The van der Waals surface area contributed by atoms with Crippen molar-refractivity contribution in [2.45, 2.75) is 22.8 Å². The molecule has 0 fully saturated rings. The van der Waals surface area contributed by atoms with E-state index in [1.807, 2.05) is 6.92 Å². The average Bonchev–Trinajstić information content (AvgIpc) is 2.48. The van der Waals surface area contributed by atoms with Crippen molar-refractivity contribution in [1.29, 1.82) is 0 Å². The first-order valence-corrected chi connectivity index (χ1v) is 7.56. The highest BCUT2D eigenvalue weighted by Gasteiger charge is 2.02. The van der Waals surface area contributed by atoms with Crippen molar-refractivity contribution in [2.75, 3.05) is 0 Å². The number of hydrogen-bond donors (Lipinski definition) is 1. The lowest BCUT2D eigenvalue weighted by Crippen LogP contribution is -2.04. The van der Waals surface area contributed by atoms with E-state index in [4.69, 9.17) is 5.73 Å². The maximum atomic E-state index is 5.87. The molecule has 20 heavy (non-hydrogen) atoms. The summed E-state index contributed by atoms with van der Waals surface area (Å²) in [6, 6.07) is 23.6. The molecule has 2 heteroatoms. The summed E-state index contributed by atoms with van der Waals surface area (Å²) in [6.45, 7) is 2.01. The first kappa shape index (κ1) is 13.2. The Kier molecular flexibility index (Phi) is 3.77. The van der Waals surface area contributed by atoms with Crippen LogP contribution in [0.1, 0.15) is 18.5 Å². The molecule has 1 atom stereocenters. The van der Waals surface area contributed by atoms with Crippen LogP contribution >= 0.6 is 11.8 Å². The van der Waals surface area contributed by atoms with Crippen molar-refractivity contribution in [1.82, 2.24) is 0 Å². The van der Waals surface area contributed by atoms with Crippen LogP contribution in [-0.2, 0) is 0 Å². The van der Waals surface area contributed by atoms with Crippen molar-refractivity contribution in [3.63, 3.8) is 0 Å². The molecule has 1 unspecified atom stereocenters. The molecule has 0 saturated heterocycles. The van der Waals surface area contributed by atoms with Gasteiger partial charge in [0.05, 0.1) is 0 Å². The predicted octanol–water partition coefficient (Wildman–Crippen LogP) is 5.01. The molecule has 0 saturated carbocycles. The lowest BCUT2D eigenvalue weighted by molar-refractivity contribution is 0.817. The first-order chi connectivity index (χ1) is 9.72. The number of hydrogen-bond acceptors (Lipinski definition) is 2. The maximum absolute atomic E-state index is 5.87. The summed E-state index contributed by atoms with van der Waals surface area (Å²) in [4.78, 5) is 2.50. The summed E-state index contributed by atoms with van der Waals surface area (Å²) < 4.78 is 0. The second-order valence-corrected chi connectivity index (χ2v) is 6.12. The van der Waals surface area contributed by atoms with Gasteiger partial charge in [-0.2, -0.15) is 0 Å². The number of fused-ring (bicyclic) bond motifs is 1. The van der Waals surface area contributed by atoms with Gasteiger partial charge in [-0.25, -0.2) is 0 Å². The standard InChI is InChI=1S/C18H17NS/c1-13(19)14-6-9-17(10-7-14)20-18-11-8-15-4-2-3-5-16(15)12-18/h2-13H,19H2,1H3. The molecule has 0 heterocycles. The molecular weight excluding hydrogens is 262 g/mol. The van der Waals surface area contributed by atoms with E-state index in [0.717, 1.165) is 0 Å². The quantitative estimate of drug-likeness (QED) is 0.729. The molecule has 1 nitrogen and oxygen atoms in total. The van der Waals surface area contributed by atoms with Gasteiger partial charge in [0, 0.05) is 15.8 Å². The van der Waals surface area contributed by atoms with Crippen LogP contribution < -0.4 is 5.73 Å². The fourth-order valence-corrected chi connectivity index (χ4v) is 3.07. The van der Waals surface area contributed by atoms with Crippen LogP contribution in [0.4, 0.5) is 0 Å². The Bertz CT molecular complexity index is 717. The van der Waals surface area contributed by atoms with Gasteiger partial charge in [-0.1, -0.05) is 54.2 Å². The van der Waals surface area contributed by atoms with Gasteiger partial charge in [-0.15, -0.1) is 0 Å². The minimum Gasteiger partial charge on any atom is -0.324 e. The van der Waals surface area contributed by atoms with Crippen molar-refractivity contribution in [3.8, 4) is 0 Å². The molecule has 0 aromatic heterocycles. The van der Waals surface area contributed by atoms with Crippen molar-refractivity contribution in [3.05, 3.63) is 72.3 Å². The van der Waals surface area contributed by atoms with Crippen LogP contribution in [0.25, 0.3) is 10.8 Å². The molecule has 0 aliphatic carbocycles. The van der Waals surface area contributed by atoms with E-state index in [2.05, 4.69) is 66.7 Å². The fourth-order valence-electron chi connectivity index (χ4n) is 2.21. The smallest absolute Gasteiger partial charge is 0.0266 e. The Morgan fingerprint density at radius 2 is 1.45 bits per heavy atom. The van der Waals surface area contributed by atoms with Crippen molar-refractivity contribution >= 4 is 22.5 Å². The summed E-state index contributed by atoms with van der Waals surface area (Å²) in [5.74, 6) is 0. The molecule has 0 spiro atoms. The summed E-state index contributed by atoms with van der Waals surface area (Å²) >= 11 is 1.78. The minimum atomic E-state index is 0.0923. The third-order valence-corrected chi connectivity index (χ3v) is 4.36. The fraction of sp³-hybridized carbons (Fsp3) is 0.111. The first-order valence-electron chi connectivity index (χ1n) is 6.74. The average molecular weight is 279 g/mol. The molecule has 0 amide bonds. The van der Waals surface area contributed by atoms with Crippen LogP contribution in [0.5, 0.6) is 0 Å². The van der Waals surface area contributed by atoms with E-state index in [1.165, 1.54) is 26.1 Å². The Morgan fingerprint density at radius 3 is 2.15 bits per heavy atom. The van der Waals surface area contributed by atoms with E-state index < -0.39 is 0 Å². The molecule has 3 aromatic carbocycles. The number of rotatable bonds is 3. The molecule has 100 valence electrons. The minimum absolute atomic E-state index is 0.0923. The highest BCUT2D eigenvalue weighted by Crippen LogP contribution is 2.30. The second-order valence-electron chi connectivity index (χ2n) is 4.97. The zero-order chi connectivity index (χ0) is 13.9. The van der Waals surface area contributed by atoms with E-state index >= 15 is 0 Å². The lowest BCUT2D eigenvalue weighted by atomic mass is 10.1. The van der Waals surface area contributed by atoms with Crippen molar-refractivity contribution < 1.29 is 0 Å². The van der Waals surface area contributed by atoms with E-state index in [9.17, 15) is 0 Å². The SMILES string of the molecule is CC(N)c1ccc(Sc2ccc3ccccc3c2)cc1. The second kappa shape index (κ2) is 5.70. The number of benzene rings is 3. The van der Waals surface area contributed by atoms with E-state index in [1.54, 1.807) is 11.8 Å². The zero-order valence-corrected chi connectivity index (χ0v) is 12.2. The van der Waals surface area contributed by atoms with Gasteiger partial charge in [-0.05, 0) is 47.5 Å². The van der Waals surface area contributed by atoms with Crippen LogP contribution in [0.2, 0.25) is 0 Å². The predicted molar refractivity (Wildman–Crippen MR) is 87.1 cm³/mol. The molecule has 0 radical (unpaired) electrons. The maximum Gasteiger partial charge on any atom is 0.0266 e. The summed E-state index contributed by atoms with van der Waals surface area (Å²) in [6.07, 6.45) is 0. The van der Waals surface area contributed by atoms with Crippen LogP contribution in [0.3, 0.4) is 0 Å². The summed E-state index contributed by atoms with van der Waals surface area (Å²) in [5.41, 5.74) is 7.05. The van der Waals surface area contributed by atoms with Gasteiger partial charge < -0.3 is 5.73 Å². The highest BCUT2D eigenvalue weighted by atomic mass is 32.2. The van der Waals surface area contributed by atoms with Gasteiger partial charge in [-0.3, -0.25) is 0 Å². The third-order valence-electron chi connectivity index (χ3n) is 3.36. The monoisotopic (exact) mass is 279 g/mol. The topological polar surface area (TPSA) is 26.0 Å². The molecule has 3 rings (SSSR count).